The lowest BCUT2D eigenvalue weighted by Crippen LogP contribution is -2.42. The third-order valence-corrected chi connectivity index (χ3v) is 3.63. The summed E-state index contributed by atoms with van der Waals surface area (Å²) in [5.74, 6) is -0.118. The molecule has 0 spiro atoms. The molecule has 100 valence electrons. The zero-order chi connectivity index (χ0) is 14.0. The molecule has 2 aromatic rings. The highest BCUT2D eigenvalue weighted by Crippen LogP contribution is 2.24. The summed E-state index contributed by atoms with van der Waals surface area (Å²) in [5.41, 5.74) is 0.319. The molecule has 1 aromatic heterocycles. The quantitative estimate of drug-likeness (QED) is 0.866. The summed E-state index contributed by atoms with van der Waals surface area (Å²) in [7, 11) is 0. The average Bonchev–Trinajstić information content (AvgIpc) is 2.39. The van der Waals surface area contributed by atoms with E-state index in [-0.39, 0.29) is 11.4 Å². The second-order valence-corrected chi connectivity index (χ2v) is 5.56. The van der Waals surface area contributed by atoms with Crippen molar-refractivity contribution in [2.75, 3.05) is 0 Å². The Balaban J connectivity index is 2.46. The van der Waals surface area contributed by atoms with Crippen LogP contribution in [0, 0.1) is 0 Å². The van der Waals surface area contributed by atoms with Crippen LogP contribution in [0.25, 0.3) is 10.8 Å². The molecule has 0 saturated heterocycles. The molecular formula is C15H17ClN2O. The zero-order valence-electron chi connectivity index (χ0n) is 11.3. The van der Waals surface area contributed by atoms with Crippen LogP contribution in [0.3, 0.4) is 0 Å². The van der Waals surface area contributed by atoms with Gasteiger partial charge in [-0.2, -0.15) is 0 Å². The van der Waals surface area contributed by atoms with Gasteiger partial charge in [0.1, 0.15) is 5.15 Å². The molecule has 0 saturated carbocycles. The molecule has 2 rings (SSSR count). The fourth-order valence-electron chi connectivity index (χ4n) is 1.80. The number of fused-ring (bicyclic) bond motifs is 1. The Morgan fingerprint density at radius 3 is 2.58 bits per heavy atom. The summed E-state index contributed by atoms with van der Waals surface area (Å²) >= 11 is 6.05. The van der Waals surface area contributed by atoms with Gasteiger partial charge in [0.15, 0.2) is 0 Å². The molecule has 0 radical (unpaired) electrons. The van der Waals surface area contributed by atoms with E-state index in [0.717, 1.165) is 17.2 Å². The minimum atomic E-state index is -0.238. The first-order chi connectivity index (χ1) is 8.94. The fourth-order valence-corrected chi connectivity index (χ4v) is 2.02. The number of benzene rings is 1. The summed E-state index contributed by atoms with van der Waals surface area (Å²) in [5, 5.41) is 5.05. The number of amides is 1. The normalized spacial score (nSPS) is 11.6. The van der Waals surface area contributed by atoms with Crippen LogP contribution in [-0.4, -0.2) is 16.4 Å². The number of nitrogens with one attached hydrogen (secondary N) is 1. The molecule has 0 aliphatic heterocycles. The lowest BCUT2D eigenvalue weighted by atomic mass is 10.0. The summed E-state index contributed by atoms with van der Waals surface area (Å²) in [6.45, 7) is 6.03. The van der Waals surface area contributed by atoms with Gasteiger partial charge >= 0.3 is 0 Å². The number of aromatic nitrogens is 1. The highest BCUT2D eigenvalue weighted by molar-refractivity contribution is 6.34. The number of rotatable bonds is 3. The minimum Gasteiger partial charge on any atom is -0.347 e. The lowest BCUT2D eigenvalue weighted by molar-refractivity contribution is 0.0912. The predicted molar refractivity (Wildman–Crippen MR) is 78.6 cm³/mol. The summed E-state index contributed by atoms with van der Waals surface area (Å²) in [6, 6.07) is 7.52. The Labute approximate surface area is 118 Å². The van der Waals surface area contributed by atoms with Crippen LogP contribution in [-0.2, 0) is 0 Å². The Morgan fingerprint density at radius 2 is 1.95 bits per heavy atom. The number of pyridine rings is 1. The molecule has 1 amide bonds. The number of halogens is 1. The maximum atomic E-state index is 12.4. The van der Waals surface area contributed by atoms with E-state index in [0.29, 0.717) is 10.7 Å². The first-order valence-corrected chi connectivity index (χ1v) is 6.68. The molecule has 19 heavy (non-hydrogen) atoms. The van der Waals surface area contributed by atoms with Crippen molar-refractivity contribution in [2.45, 2.75) is 32.7 Å². The molecule has 1 aromatic carbocycles. The van der Waals surface area contributed by atoms with Crippen molar-refractivity contribution < 1.29 is 4.79 Å². The first kappa shape index (κ1) is 13.8. The van der Waals surface area contributed by atoms with E-state index >= 15 is 0 Å². The van der Waals surface area contributed by atoms with E-state index in [1.807, 2.05) is 45.0 Å². The van der Waals surface area contributed by atoms with Crippen LogP contribution >= 0.6 is 11.6 Å². The van der Waals surface area contributed by atoms with E-state index in [2.05, 4.69) is 10.3 Å². The number of nitrogens with zero attached hydrogens (tertiary/aromatic N) is 1. The number of carbonyl (C=O) groups excluding carboxylic acids is 1. The third kappa shape index (κ3) is 2.87. The molecule has 0 unspecified atom stereocenters. The van der Waals surface area contributed by atoms with Gasteiger partial charge < -0.3 is 5.32 Å². The highest BCUT2D eigenvalue weighted by Gasteiger charge is 2.20. The van der Waals surface area contributed by atoms with E-state index in [9.17, 15) is 4.79 Å². The van der Waals surface area contributed by atoms with Gasteiger partial charge in [-0.25, -0.2) is 4.98 Å². The van der Waals surface area contributed by atoms with Crippen molar-refractivity contribution in [1.82, 2.24) is 10.3 Å². The van der Waals surface area contributed by atoms with Gasteiger partial charge in [0, 0.05) is 17.1 Å². The van der Waals surface area contributed by atoms with Crippen LogP contribution in [0.5, 0.6) is 0 Å². The topological polar surface area (TPSA) is 42.0 Å². The molecule has 0 atom stereocenters. The Kier molecular flexibility index (Phi) is 3.76. The summed E-state index contributed by atoms with van der Waals surface area (Å²) in [4.78, 5) is 16.4. The van der Waals surface area contributed by atoms with E-state index < -0.39 is 0 Å². The van der Waals surface area contributed by atoms with Crippen LogP contribution in [0.4, 0.5) is 0 Å². The summed E-state index contributed by atoms with van der Waals surface area (Å²) < 4.78 is 0. The van der Waals surface area contributed by atoms with E-state index in [1.165, 1.54) is 6.20 Å². The molecule has 0 fully saturated rings. The van der Waals surface area contributed by atoms with Crippen molar-refractivity contribution in [2.24, 2.45) is 0 Å². The molecule has 0 aliphatic rings. The largest absolute Gasteiger partial charge is 0.347 e. The first-order valence-electron chi connectivity index (χ1n) is 6.30. The predicted octanol–water partition coefficient (Wildman–Crippen LogP) is 3.81. The van der Waals surface area contributed by atoms with Crippen molar-refractivity contribution in [3.8, 4) is 0 Å². The second-order valence-electron chi connectivity index (χ2n) is 5.20. The van der Waals surface area contributed by atoms with Crippen molar-refractivity contribution >= 4 is 28.3 Å². The Hall–Kier alpha value is -1.61. The van der Waals surface area contributed by atoms with Gasteiger partial charge in [0.2, 0.25) is 0 Å². The number of hydrogen-bond donors (Lipinski definition) is 1. The smallest absolute Gasteiger partial charge is 0.253 e. The average molecular weight is 277 g/mol. The van der Waals surface area contributed by atoms with Crippen molar-refractivity contribution in [1.29, 1.82) is 0 Å². The lowest BCUT2D eigenvalue weighted by Gasteiger charge is -2.24. The summed E-state index contributed by atoms with van der Waals surface area (Å²) in [6.07, 6.45) is 2.39. The molecule has 4 heteroatoms. The molecular weight excluding hydrogens is 260 g/mol. The Bertz CT molecular complexity index is 623. The second kappa shape index (κ2) is 5.17. The third-order valence-electron chi connectivity index (χ3n) is 3.33. The van der Waals surface area contributed by atoms with Crippen LogP contribution < -0.4 is 5.32 Å². The number of carbonyl (C=O) groups is 1. The molecule has 3 nitrogen and oxygen atoms in total. The van der Waals surface area contributed by atoms with Crippen LogP contribution in [0.2, 0.25) is 5.15 Å². The van der Waals surface area contributed by atoms with Gasteiger partial charge in [-0.3, -0.25) is 4.79 Å². The maximum absolute atomic E-state index is 12.4. The minimum absolute atomic E-state index is 0.118. The Morgan fingerprint density at radius 1 is 1.32 bits per heavy atom. The van der Waals surface area contributed by atoms with Crippen LogP contribution in [0.1, 0.15) is 37.6 Å². The van der Waals surface area contributed by atoms with Gasteiger partial charge in [-0.15, -0.1) is 0 Å². The molecule has 0 aliphatic carbocycles. The number of hydrogen-bond acceptors (Lipinski definition) is 2. The van der Waals surface area contributed by atoms with E-state index in [4.69, 9.17) is 11.6 Å². The van der Waals surface area contributed by atoms with Crippen molar-refractivity contribution in [3.05, 3.63) is 41.2 Å². The fraction of sp³-hybridized carbons (Fsp3) is 0.333. The molecule has 1 heterocycles. The monoisotopic (exact) mass is 276 g/mol. The van der Waals surface area contributed by atoms with E-state index in [1.54, 1.807) is 0 Å². The standard InChI is InChI=1S/C15H17ClN2O/c1-4-15(2,3)18-14(19)12-9-17-13(16)11-8-6-5-7-10(11)12/h5-9H,4H2,1-3H3,(H,18,19). The highest BCUT2D eigenvalue weighted by atomic mass is 35.5. The van der Waals surface area contributed by atoms with Gasteiger partial charge in [-0.1, -0.05) is 42.8 Å². The molecule has 1 N–H and O–H groups in total. The van der Waals surface area contributed by atoms with Gasteiger partial charge in [-0.05, 0) is 25.7 Å². The van der Waals surface area contributed by atoms with Crippen LogP contribution in [0.15, 0.2) is 30.5 Å². The van der Waals surface area contributed by atoms with Gasteiger partial charge in [0.05, 0.1) is 5.56 Å². The maximum Gasteiger partial charge on any atom is 0.253 e. The molecule has 0 bridgehead atoms. The SMILES string of the molecule is CCC(C)(C)NC(=O)c1cnc(Cl)c2ccccc12. The van der Waals surface area contributed by atoms with Crippen molar-refractivity contribution in [3.63, 3.8) is 0 Å². The zero-order valence-corrected chi connectivity index (χ0v) is 12.1. The van der Waals surface area contributed by atoms with Gasteiger partial charge in [0.25, 0.3) is 5.91 Å².